The third-order valence-electron chi connectivity index (χ3n) is 3.20. The average molecular weight is 298 g/mol. The summed E-state index contributed by atoms with van der Waals surface area (Å²) in [5.74, 6) is 0.899. The van der Waals surface area contributed by atoms with Crippen LogP contribution in [0.15, 0.2) is 12.3 Å². The van der Waals surface area contributed by atoms with Gasteiger partial charge in [-0.2, -0.15) is 11.8 Å². The van der Waals surface area contributed by atoms with E-state index >= 15 is 0 Å². The van der Waals surface area contributed by atoms with Crippen LogP contribution >= 0.6 is 23.4 Å². The zero-order valence-corrected chi connectivity index (χ0v) is 11.6. The van der Waals surface area contributed by atoms with E-state index in [1.165, 1.54) is 18.9 Å². The SMILES string of the molecule is O=C(O)c1cc(Cl)c2nnc(C3CCCCS3)n2c1. The fourth-order valence-corrected chi connectivity index (χ4v) is 3.80. The maximum absolute atomic E-state index is 11.1. The number of rotatable bonds is 2. The number of hydrogen-bond donors (Lipinski definition) is 1. The van der Waals surface area contributed by atoms with Crippen LogP contribution in [0.4, 0.5) is 0 Å². The van der Waals surface area contributed by atoms with E-state index in [-0.39, 0.29) is 10.8 Å². The molecule has 1 atom stereocenters. The van der Waals surface area contributed by atoms with Crippen LogP contribution < -0.4 is 0 Å². The van der Waals surface area contributed by atoms with Crippen LogP contribution in [0, 0.1) is 0 Å². The number of thioether (sulfide) groups is 1. The zero-order chi connectivity index (χ0) is 13.4. The Labute approximate surface area is 119 Å². The van der Waals surface area contributed by atoms with Gasteiger partial charge >= 0.3 is 5.97 Å². The third-order valence-corrected chi connectivity index (χ3v) is 4.85. The van der Waals surface area contributed by atoms with Crippen LogP contribution in [-0.4, -0.2) is 31.4 Å². The first-order valence-corrected chi connectivity index (χ1v) is 7.48. The largest absolute Gasteiger partial charge is 0.478 e. The molecule has 0 spiro atoms. The maximum Gasteiger partial charge on any atom is 0.337 e. The zero-order valence-electron chi connectivity index (χ0n) is 10.0. The summed E-state index contributed by atoms with van der Waals surface area (Å²) in [7, 11) is 0. The smallest absolute Gasteiger partial charge is 0.337 e. The van der Waals surface area contributed by atoms with Crippen molar-refractivity contribution in [3.8, 4) is 0 Å². The lowest BCUT2D eigenvalue weighted by atomic mass is 10.2. The molecule has 1 fully saturated rings. The van der Waals surface area contributed by atoms with E-state index in [4.69, 9.17) is 16.7 Å². The lowest BCUT2D eigenvalue weighted by molar-refractivity contribution is 0.0696. The van der Waals surface area contributed by atoms with Gasteiger partial charge < -0.3 is 5.11 Å². The first-order chi connectivity index (χ1) is 9.16. The molecule has 0 aliphatic carbocycles. The number of halogens is 1. The number of fused-ring (bicyclic) bond motifs is 1. The average Bonchev–Trinajstić information content (AvgIpc) is 2.84. The van der Waals surface area contributed by atoms with Crippen LogP contribution in [-0.2, 0) is 0 Å². The molecule has 3 heterocycles. The molecule has 1 aliphatic rings. The monoisotopic (exact) mass is 297 g/mol. The number of hydrogen-bond acceptors (Lipinski definition) is 4. The minimum Gasteiger partial charge on any atom is -0.478 e. The van der Waals surface area contributed by atoms with Gasteiger partial charge in [0, 0.05) is 6.20 Å². The molecule has 1 saturated heterocycles. The highest BCUT2D eigenvalue weighted by molar-refractivity contribution is 7.99. The Morgan fingerprint density at radius 3 is 3.00 bits per heavy atom. The van der Waals surface area contributed by atoms with Gasteiger partial charge in [-0.05, 0) is 24.7 Å². The van der Waals surface area contributed by atoms with Crippen LogP contribution in [0.25, 0.3) is 5.65 Å². The number of carbonyl (C=O) groups is 1. The fourth-order valence-electron chi connectivity index (χ4n) is 2.25. The Balaban J connectivity index is 2.12. The summed E-state index contributed by atoms with van der Waals surface area (Å²) in [6, 6.07) is 1.41. The standard InChI is InChI=1S/C12H12ClN3O2S/c13-8-5-7(12(17)18)6-16-10(8)14-15-11(16)9-3-1-2-4-19-9/h5-6,9H,1-4H2,(H,17,18). The van der Waals surface area contributed by atoms with Crippen molar-refractivity contribution in [2.24, 2.45) is 0 Å². The lowest BCUT2D eigenvalue weighted by Gasteiger charge is -2.19. The second-order valence-electron chi connectivity index (χ2n) is 4.49. The van der Waals surface area contributed by atoms with Gasteiger partial charge in [-0.3, -0.25) is 4.40 Å². The molecule has 100 valence electrons. The molecule has 0 bridgehead atoms. The van der Waals surface area contributed by atoms with E-state index in [9.17, 15) is 4.79 Å². The first kappa shape index (κ1) is 12.7. The van der Waals surface area contributed by atoms with Crippen LogP contribution in [0.3, 0.4) is 0 Å². The number of carboxylic acids is 1. The number of aromatic nitrogens is 3. The minimum atomic E-state index is -1.00. The molecule has 7 heteroatoms. The van der Waals surface area contributed by atoms with Crippen molar-refractivity contribution >= 4 is 35.0 Å². The molecule has 0 saturated carbocycles. The van der Waals surface area contributed by atoms with E-state index in [0.717, 1.165) is 18.0 Å². The molecule has 1 aliphatic heterocycles. The van der Waals surface area contributed by atoms with Gasteiger partial charge in [0.2, 0.25) is 0 Å². The van der Waals surface area contributed by atoms with Crippen molar-refractivity contribution in [1.82, 2.24) is 14.6 Å². The molecule has 2 aromatic rings. The van der Waals surface area contributed by atoms with Gasteiger partial charge in [-0.1, -0.05) is 18.0 Å². The Morgan fingerprint density at radius 1 is 1.47 bits per heavy atom. The molecular weight excluding hydrogens is 286 g/mol. The summed E-state index contributed by atoms with van der Waals surface area (Å²) in [4.78, 5) is 11.1. The number of pyridine rings is 1. The molecule has 1 unspecified atom stereocenters. The van der Waals surface area contributed by atoms with E-state index in [2.05, 4.69) is 10.2 Å². The first-order valence-electron chi connectivity index (χ1n) is 6.06. The maximum atomic E-state index is 11.1. The Hall–Kier alpha value is -1.27. The summed E-state index contributed by atoms with van der Waals surface area (Å²) in [6.45, 7) is 0. The van der Waals surface area contributed by atoms with Crippen molar-refractivity contribution in [3.63, 3.8) is 0 Å². The number of carboxylic acid groups (broad SMARTS) is 1. The topological polar surface area (TPSA) is 67.5 Å². The summed E-state index contributed by atoms with van der Waals surface area (Å²) >= 11 is 7.91. The highest BCUT2D eigenvalue weighted by Crippen LogP contribution is 2.37. The summed E-state index contributed by atoms with van der Waals surface area (Å²) in [5.41, 5.74) is 0.673. The van der Waals surface area contributed by atoms with Crippen molar-refractivity contribution in [3.05, 3.63) is 28.7 Å². The molecular formula is C12H12ClN3O2S. The van der Waals surface area contributed by atoms with Crippen LogP contribution in [0.5, 0.6) is 0 Å². The highest BCUT2D eigenvalue weighted by Gasteiger charge is 2.23. The van der Waals surface area contributed by atoms with Gasteiger partial charge in [0.1, 0.15) is 0 Å². The van der Waals surface area contributed by atoms with E-state index in [1.807, 2.05) is 11.8 Å². The van der Waals surface area contributed by atoms with Crippen molar-refractivity contribution in [2.75, 3.05) is 5.75 Å². The second-order valence-corrected chi connectivity index (χ2v) is 6.21. The third kappa shape index (κ3) is 2.30. The quantitative estimate of drug-likeness (QED) is 0.923. The van der Waals surface area contributed by atoms with Gasteiger partial charge in [-0.25, -0.2) is 4.79 Å². The predicted molar refractivity (Wildman–Crippen MR) is 74.0 cm³/mol. The molecule has 0 radical (unpaired) electrons. The molecule has 3 rings (SSSR count). The van der Waals surface area contributed by atoms with Gasteiger partial charge in [0.25, 0.3) is 0 Å². The molecule has 0 amide bonds. The molecule has 1 N–H and O–H groups in total. The van der Waals surface area contributed by atoms with Crippen molar-refractivity contribution in [2.45, 2.75) is 24.5 Å². The number of nitrogens with zero attached hydrogens (tertiary/aromatic N) is 3. The summed E-state index contributed by atoms with van der Waals surface area (Å²) < 4.78 is 1.72. The van der Waals surface area contributed by atoms with Gasteiger partial charge in [0.05, 0.1) is 15.8 Å². The predicted octanol–water partition coefficient (Wildman–Crippen LogP) is 3.04. The second kappa shape index (κ2) is 5.02. The molecule has 5 nitrogen and oxygen atoms in total. The van der Waals surface area contributed by atoms with Crippen molar-refractivity contribution < 1.29 is 9.90 Å². The Bertz CT molecular complexity index is 637. The van der Waals surface area contributed by atoms with Gasteiger partial charge in [-0.15, -0.1) is 10.2 Å². The van der Waals surface area contributed by atoms with E-state index < -0.39 is 5.97 Å². The minimum absolute atomic E-state index is 0.152. The van der Waals surface area contributed by atoms with E-state index in [1.54, 1.807) is 10.6 Å². The molecule has 19 heavy (non-hydrogen) atoms. The lowest BCUT2D eigenvalue weighted by Crippen LogP contribution is -2.08. The molecule has 2 aromatic heterocycles. The molecule has 0 aromatic carbocycles. The summed E-state index contributed by atoms with van der Waals surface area (Å²) in [5, 5.41) is 17.9. The Kier molecular flexibility index (Phi) is 3.36. The fraction of sp³-hybridized carbons (Fsp3) is 0.417. The van der Waals surface area contributed by atoms with E-state index in [0.29, 0.717) is 10.7 Å². The highest BCUT2D eigenvalue weighted by atomic mass is 35.5. The van der Waals surface area contributed by atoms with Crippen molar-refractivity contribution in [1.29, 1.82) is 0 Å². The summed E-state index contributed by atoms with van der Waals surface area (Å²) in [6.07, 6.45) is 4.98. The number of aromatic carboxylic acids is 1. The van der Waals surface area contributed by atoms with Crippen LogP contribution in [0.2, 0.25) is 5.02 Å². The normalized spacial score (nSPS) is 19.7. The van der Waals surface area contributed by atoms with Crippen LogP contribution in [0.1, 0.15) is 40.7 Å². The Morgan fingerprint density at radius 2 is 2.32 bits per heavy atom. The van der Waals surface area contributed by atoms with Gasteiger partial charge in [0.15, 0.2) is 11.5 Å².